The molecule has 2 aliphatic rings. The number of ketones is 1. The van der Waals surface area contributed by atoms with E-state index in [1.54, 1.807) is 0 Å². The number of aryl methyl sites for hydroxylation is 1. The Hall–Kier alpha value is -2.04. The van der Waals surface area contributed by atoms with Crippen LogP contribution in [0.4, 0.5) is 4.79 Å². The van der Waals surface area contributed by atoms with Crippen LogP contribution in [0.3, 0.4) is 0 Å². The predicted molar refractivity (Wildman–Crippen MR) is 109 cm³/mol. The van der Waals surface area contributed by atoms with Gasteiger partial charge in [-0.1, -0.05) is 6.07 Å². The zero-order valence-electron chi connectivity index (χ0n) is 17.5. The fourth-order valence-corrected chi connectivity index (χ4v) is 3.96. The highest BCUT2D eigenvalue weighted by Gasteiger charge is 2.26. The molecule has 5 nitrogen and oxygen atoms in total. The van der Waals surface area contributed by atoms with Gasteiger partial charge in [-0.15, -0.1) is 0 Å². The highest BCUT2D eigenvalue weighted by molar-refractivity contribution is 5.83. The van der Waals surface area contributed by atoms with Crippen LogP contribution in [0.25, 0.3) is 0 Å². The van der Waals surface area contributed by atoms with Crippen LogP contribution in [-0.4, -0.2) is 42.1 Å². The molecule has 0 radical (unpaired) electrons. The standard InChI is InChI=1S/C23H33NO4/c1-23(2,3)28-22(26)24-12-10-17(11-13-24)5-4-14-27-21-9-7-18-15-20(25)8-6-19(18)16-21/h7,9,16-17H,4-6,8,10-15H2,1-3H3. The van der Waals surface area contributed by atoms with Crippen molar-refractivity contribution in [2.75, 3.05) is 19.7 Å². The van der Waals surface area contributed by atoms with Crippen molar-refractivity contribution in [2.45, 2.75) is 71.3 Å². The second kappa shape index (κ2) is 8.97. The van der Waals surface area contributed by atoms with E-state index in [2.05, 4.69) is 6.07 Å². The van der Waals surface area contributed by atoms with Crippen molar-refractivity contribution in [1.29, 1.82) is 0 Å². The van der Waals surface area contributed by atoms with Crippen molar-refractivity contribution in [1.82, 2.24) is 4.90 Å². The molecule has 0 bridgehead atoms. The second-order valence-electron chi connectivity index (χ2n) is 9.05. The van der Waals surface area contributed by atoms with Crippen molar-refractivity contribution in [3.63, 3.8) is 0 Å². The minimum atomic E-state index is -0.433. The molecule has 1 heterocycles. The van der Waals surface area contributed by atoms with Crippen molar-refractivity contribution in [2.24, 2.45) is 5.92 Å². The van der Waals surface area contributed by atoms with Crippen molar-refractivity contribution in [3.05, 3.63) is 29.3 Å². The van der Waals surface area contributed by atoms with Crippen LogP contribution >= 0.6 is 0 Å². The van der Waals surface area contributed by atoms with E-state index in [1.165, 1.54) is 5.56 Å². The molecule has 5 heteroatoms. The van der Waals surface area contributed by atoms with Crippen LogP contribution in [0.2, 0.25) is 0 Å². The van der Waals surface area contributed by atoms with E-state index in [9.17, 15) is 9.59 Å². The molecule has 1 aromatic rings. The van der Waals surface area contributed by atoms with Crippen LogP contribution in [0.15, 0.2) is 18.2 Å². The maximum Gasteiger partial charge on any atom is 0.410 e. The average molecular weight is 388 g/mol. The number of benzene rings is 1. The number of hydrogen-bond acceptors (Lipinski definition) is 4. The quantitative estimate of drug-likeness (QED) is 0.696. The monoisotopic (exact) mass is 387 g/mol. The number of amides is 1. The first-order valence-electron chi connectivity index (χ1n) is 10.5. The molecule has 0 atom stereocenters. The average Bonchev–Trinajstić information content (AvgIpc) is 2.64. The van der Waals surface area contributed by atoms with E-state index >= 15 is 0 Å². The third-order valence-electron chi connectivity index (χ3n) is 5.53. The van der Waals surface area contributed by atoms with Crippen molar-refractivity contribution in [3.8, 4) is 5.75 Å². The van der Waals surface area contributed by atoms with E-state index in [4.69, 9.17) is 9.47 Å². The smallest absolute Gasteiger partial charge is 0.410 e. The SMILES string of the molecule is CC(C)(C)OC(=O)N1CCC(CCCOc2ccc3c(c2)CCC(=O)C3)CC1. The topological polar surface area (TPSA) is 55.8 Å². The highest BCUT2D eigenvalue weighted by Crippen LogP contribution is 2.26. The summed E-state index contributed by atoms with van der Waals surface area (Å²) in [4.78, 5) is 25.5. The minimum Gasteiger partial charge on any atom is -0.494 e. The number of rotatable bonds is 5. The molecule has 3 rings (SSSR count). The normalized spacial score (nSPS) is 18.0. The van der Waals surface area contributed by atoms with Gasteiger partial charge < -0.3 is 14.4 Å². The molecule has 1 aliphatic carbocycles. The summed E-state index contributed by atoms with van der Waals surface area (Å²) in [6.45, 7) is 7.98. The molecule has 0 unspecified atom stereocenters. The fraction of sp³-hybridized carbons (Fsp3) is 0.652. The number of carbonyl (C=O) groups is 2. The van der Waals surface area contributed by atoms with Crippen molar-refractivity contribution < 1.29 is 19.1 Å². The van der Waals surface area contributed by atoms with Crippen LogP contribution in [-0.2, 0) is 22.4 Å². The number of hydrogen-bond donors (Lipinski definition) is 0. The Morgan fingerprint density at radius 1 is 1.14 bits per heavy atom. The lowest BCUT2D eigenvalue weighted by Gasteiger charge is -2.33. The predicted octanol–water partition coefficient (Wildman–Crippen LogP) is 4.55. The third kappa shape index (κ3) is 5.98. The second-order valence-corrected chi connectivity index (χ2v) is 9.05. The number of ether oxygens (including phenoxy) is 2. The largest absolute Gasteiger partial charge is 0.494 e. The fourth-order valence-electron chi connectivity index (χ4n) is 3.96. The number of likely N-dealkylation sites (tertiary alicyclic amines) is 1. The third-order valence-corrected chi connectivity index (χ3v) is 5.53. The first kappa shape index (κ1) is 20.7. The number of nitrogens with zero attached hydrogens (tertiary/aromatic N) is 1. The van der Waals surface area contributed by atoms with Gasteiger partial charge in [0.25, 0.3) is 0 Å². The molecule has 154 valence electrons. The van der Waals surface area contributed by atoms with Gasteiger partial charge in [-0.2, -0.15) is 0 Å². The van der Waals surface area contributed by atoms with E-state index in [-0.39, 0.29) is 6.09 Å². The summed E-state index contributed by atoms with van der Waals surface area (Å²) in [6.07, 6.45) is 6.08. The number of carbonyl (C=O) groups excluding carboxylic acids is 2. The molecule has 1 fully saturated rings. The Morgan fingerprint density at radius 3 is 2.61 bits per heavy atom. The van der Waals surface area contributed by atoms with E-state index < -0.39 is 5.60 Å². The molecule has 1 amide bonds. The zero-order chi connectivity index (χ0) is 20.1. The van der Waals surface area contributed by atoms with Gasteiger partial charge in [0.2, 0.25) is 0 Å². The summed E-state index contributed by atoms with van der Waals surface area (Å²) in [7, 11) is 0. The Labute approximate surface area is 168 Å². The van der Waals surface area contributed by atoms with E-state index in [0.717, 1.165) is 56.5 Å². The lowest BCUT2D eigenvalue weighted by atomic mass is 9.91. The van der Waals surface area contributed by atoms with Gasteiger partial charge in [0.15, 0.2) is 0 Å². The Kier molecular flexibility index (Phi) is 6.63. The summed E-state index contributed by atoms with van der Waals surface area (Å²) in [6, 6.07) is 6.12. The molecule has 28 heavy (non-hydrogen) atoms. The molecular formula is C23H33NO4. The number of piperidine rings is 1. The molecule has 1 aliphatic heterocycles. The maximum atomic E-state index is 12.1. The number of Topliss-reactive ketones (excluding diaryl/α,β-unsaturated/α-hetero) is 1. The first-order chi connectivity index (χ1) is 13.3. The van der Waals surface area contributed by atoms with Crippen LogP contribution < -0.4 is 4.74 Å². The highest BCUT2D eigenvalue weighted by atomic mass is 16.6. The van der Waals surface area contributed by atoms with Gasteiger partial charge >= 0.3 is 6.09 Å². The summed E-state index contributed by atoms with van der Waals surface area (Å²) in [5.74, 6) is 1.89. The summed E-state index contributed by atoms with van der Waals surface area (Å²) in [5.41, 5.74) is 1.98. The molecule has 1 aromatic carbocycles. The van der Waals surface area contributed by atoms with Gasteiger partial charge in [-0.25, -0.2) is 4.79 Å². The Bertz CT molecular complexity index is 699. The summed E-state index contributed by atoms with van der Waals surface area (Å²) >= 11 is 0. The van der Waals surface area contributed by atoms with Gasteiger partial charge in [0, 0.05) is 25.9 Å². The molecule has 0 spiro atoms. The van der Waals surface area contributed by atoms with Gasteiger partial charge in [-0.05, 0) is 82.1 Å². The van der Waals surface area contributed by atoms with Gasteiger partial charge in [0.05, 0.1) is 6.61 Å². The molecular weight excluding hydrogens is 354 g/mol. The Balaban J connectivity index is 1.34. The van der Waals surface area contributed by atoms with Crippen molar-refractivity contribution >= 4 is 11.9 Å². The molecule has 1 saturated heterocycles. The molecule has 0 N–H and O–H groups in total. The lowest BCUT2D eigenvalue weighted by Crippen LogP contribution is -2.41. The van der Waals surface area contributed by atoms with Crippen LogP contribution in [0.5, 0.6) is 5.75 Å². The minimum absolute atomic E-state index is 0.191. The van der Waals surface area contributed by atoms with E-state index in [0.29, 0.717) is 31.1 Å². The van der Waals surface area contributed by atoms with Crippen LogP contribution in [0, 0.1) is 5.92 Å². The molecule has 0 saturated carbocycles. The summed E-state index contributed by atoms with van der Waals surface area (Å²) in [5, 5.41) is 0. The number of fused-ring (bicyclic) bond motifs is 1. The molecule has 0 aromatic heterocycles. The zero-order valence-corrected chi connectivity index (χ0v) is 17.5. The van der Waals surface area contributed by atoms with Gasteiger partial charge in [0.1, 0.15) is 17.1 Å². The van der Waals surface area contributed by atoms with E-state index in [1.807, 2.05) is 37.8 Å². The van der Waals surface area contributed by atoms with Crippen LogP contribution in [0.1, 0.15) is 64.0 Å². The lowest BCUT2D eigenvalue weighted by molar-refractivity contribution is -0.118. The summed E-state index contributed by atoms with van der Waals surface area (Å²) < 4.78 is 11.4. The maximum absolute atomic E-state index is 12.1. The Morgan fingerprint density at radius 2 is 1.89 bits per heavy atom. The first-order valence-corrected chi connectivity index (χ1v) is 10.5. The van der Waals surface area contributed by atoms with Gasteiger partial charge in [-0.3, -0.25) is 4.79 Å².